The lowest BCUT2D eigenvalue weighted by atomic mass is 9.93. The summed E-state index contributed by atoms with van der Waals surface area (Å²) in [5, 5.41) is 8.57. The highest BCUT2D eigenvalue weighted by atomic mass is 15.2. The molecule has 0 amide bonds. The molecule has 43 heavy (non-hydrogen) atoms. The first-order valence-corrected chi connectivity index (χ1v) is 14.5. The van der Waals surface area contributed by atoms with E-state index in [4.69, 9.17) is 15.0 Å². The molecule has 0 aliphatic rings. The molecule has 6 aromatic carbocycles. The van der Waals surface area contributed by atoms with E-state index in [1.807, 2.05) is 18.3 Å². The Kier molecular flexibility index (Phi) is 5.16. The van der Waals surface area contributed by atoms with E-state index >= 15 is 0 Å². The zero-order valence-electron chi connectivity index (χ0n) is 23.1. The van der Waals surface area contributed by atoms with Gasteiger partial charge in [0, 0.05) is 22.7 Å². The number of benzene rings is 6. The predicted molar refractivity (Wildman–Crippen MR) is 178 cm³/mol. The Bertz CT molecular complexity index is 2420. The molecular weight excluding hydrogens is 524 g/mol. The summed E-state index contributed by atoms with van der Waals surface area (Å²) < 4.78 is 2.14. The summed E-state index contributed by atoms with van der Waals surface area (Å²) in [5.74, 6) is 0.624. The zero-order valence-corrected chi connectivity index (χ0v) is 23.1. The second-order valence-electron chi connectivity index (χ2n) is 10.9. The third-order valence-electron chi connectivity index (χ3n) is 8.45. The third-order valence-corrected chi connectivity index (χ3v) is 8.45. The molecule has 0 bridgehead atoms. The molecule has 9 rings (SSSR count). The predicted octanol–water partition coefficient (Wildman–Crippen LogP) is 9.76. The van der Waals surface area contributed by atoms with Gasteiger partial charge in [0.1, 0.15) is 0 Å². The average Bonchev–Trinajstić information content (AvgIpc) is 3.43. The van der Waals surface area contributed by atoms with Crippen molar-refractivity contribution in [3.8, 4) is 28.5 Å². The summed E-state index contributed by atoms with van der Waals surface area (Å²) in [5.41, 5.74) is 6.80. The molecule has 4 nitrogen and oxygen atoms in total. The second kappa shape index (κ2) is 9.33. The van der Waals surface area contributed by atoms with Crippen molar-refractivity contribution in [3.05, 3.63) is 146 Å². The second-order valence-corrected chi connectivity index (χ2v) is 10.9. The van der Waals surface area contributed by atoms with Crippen LogP contribution in [0.1, 0.15) is 0 Å². The number of hydrogen-bond donors (Lipinski definition) is 0. The number of rotatable bonds is 3. The monoisotopic (exact) mass is 548 g/mol. The normalized spacial score (nSPS) is 11.7. The molecule has 3 heterocycles. The minimum Gasteiger partial charge on any atom is -0.276 e. The third kappa shape index (κ3) is 3.67. The van der Waals surface area contributed by atoms with Crippen LogP contribution in [0.25, 0.3) is 82.7 Å². The summed E-state index contributed by atoms with van der Waals surface area (Å²) >= 11 is 0. The molecule has 0 saturated heterocycles. The number of para-hydroxylation sites is 1. The van der Waals surface area contributed by atoms with Crippen molar-refractivity contribution in [1.29, 1.82) is 0 Å². The largest absolute Gasteiger partial charge is 0.276 e. The summed E-state index contributed by atoms with van der Waals surface area (Å²) in [4.78, 5) is 15.1. The van der Waals surface area contributed by atoms with E-state index in [1.165, 1.54) is 32.3 Å². The van der Waals surface area contributed by atoms with Crippen LogP contribution in [0.15, 0.2) is 146 Å². The Balaban J connectivity index is 1.35. The van der Waals surface area contributed by atoms with Crippen molar-refractivity contribution in [2.45, 2.75) is 0 Å². The topological polar surface area (TPSA) is 43.6 Å². The molecule has 200 valence electrons. The van der Waals surface area contributed by atoms with Gasteiger partial charge in [-0.15, -0.1) is 0 Å². The molecule has 0 N–H and O–H groups in total. The van der Waals surface area contributed by atoms with Crippen LogP contribution in [-0.2, 0) is 0 Å². The number of hydrogen-bond acceptors (Lipinski definition) is 3. The maximum Gasteiger partial charge on any atom is 0.235 e. The Labute approximate surface area is 247 Å². The molecule has 0 unspecified atom stereocenters. The molecule has 0 fully saturated rings. The maximum absolute atomic E-state index is 5.25. The molecule has 3 aromatic heterocycles. The summed E-state index contributed by atoms with van der Waals surface area (Å²) in [6, 6.07) is 48.9. The molecular formula is C39H24N4. The summed E-state index contributed by atoms with van der Waals surface area (Å²) in [7, 11) is 0. The van der Waals surface area contributed by atoms with Crippen LogP contribution in [0, 0.1) is 0 Å². The number of aromatic nitrogens is 4. The van der Waals surface area contributed by atoms with Crippen LogP contribution in [0.4, 0.5) is 0 Å². The van der Waals surface area contributed by atoms with Crippen molar-refractivity contribution in [2.24, 2.45) is 0 Å². The lowest BCUT2D eigenvalue weighted by molar-refractivity contribution is 0.995. The van der Waals surface area contributed by atoms with Crippen LogP contribution < -0.4 is 0 Å². The Morgan fingerprint density at radius 3 is 1.67 bits per heavy atom. The molecule has 0 atom stereocenters. The van der Waals surface area contributed by atoms with Gasteiger partial charge in [-0.25, -0.2) is 9.97 Å². The van der Waals surface area contributed by atoms with Crippen molar-refractivity contribution < 1.29 is 0 Å². The first kappa shape index (κ1) is 23.8. The van der Waals surface area contributed by atoms with Gasteiger partial charge < -0.3 is 0 Å². The van der Waals surface area contributed by atoms with Gasteiger partial charge in [-0.1, -0.05) is 109 Å². The van der Waals surface area contributed by atoms with Crippen molar-refractivity contribution in [2.75, 3.05) is 0 Å². The molecule has 0 aliphatic carbocycles. The first-order chi connectivity index (χ1) is 21.3. The quantitative estimate of drug-likeness (QED) is 0.206. The highest BCUT2D eigenvalue weighted by Crippen LogP contribution is 2.38. The summed E-state index contributed by atoms with van der Waals surface area (Å²) in [6.45, 7) is 0. The molecule has 4 heteroatoms. The minimum absolute atomic E-state index is 0.624. The molecule has 0 spiro atoms. The van der Waals surface area contributed by atoms with E-state index in [-0.39, 0.29) is 0 Å². The number of nitrogens with zero attached hydrogens (tertiary/aromatic N) is 4. The van der Waals surface area contributed by atoms with E-state index in [9.17, 15) is 0 Å². The summed E-state index contributed by atoms with van der Waals surface area (Å²) in [6.07, 6.45) is 1.84. The highest BCUT2D eigenvalue weighted by Gasteiger charge is 2.18. The fourth-order valence-electron chi connectivity index (χ4n) is 6.51. The first-order valence-electron chi connectivity index (χ1n) is 14.5. The lowest BCUT2D eigenvalue weighted by Crippen LogP contribution is -2.04. The van der Waals surface area contributed by atoms with Gasteiger partial charge in [0.2, 0.25) is 5.95 Å². The van der Waals surface area contributed by atoms with Gasteiger partial charge in [0.15, 0.2) is 0 Å². The minimum atomic E-state index is 0.624. The van der Waals surface area contributed by atoms with Crippen LogP contribution >= 0.6 is 0 Å². The van der Waals surface area contributed by atoms with E-state index < -0.39 is 0 Å². The average molecular weight is 549 g/mol. The van der Waals surface area contributed by atoms with Crippen LogP contribution in [0.5, 0.6) is 0 Å². The fraction of sp³-hybridized carbons (Fsp3) is 0. The van der Waals surface area contributed by atoms with Crippen LogP contribution in [0.3, 0.4) is 0 Å². The van der Waals surface area contributed by atoms with E-state index in [2.05, 4.69) is 132 Å². The van der Waals surface area contributed by atoms with Crippen LogP contribution in [0.2, 0.25) is 0 Å². The fourth-order valence-corrected chi connectivity index (χ4v) is 6.51. The standard InChI is InChI=1S/C39H24N4/c1-2-11-25(12-3-1)34-24-35(42-39(41-34)43-36-18-9-8-17-32(36)38-37(43)19-10-22-40-38)26-20-21-31-29-15-5-4-13-27(29)28-14-6-7-16-30(28)33(31)23-26/h1-24H. The van der Waals surface area contributed by atoms with Crippen molar-refractivity contribution in [3.63, 3.8) is 0 Å². The SMILES string of the molecule is c1ccc(-c2cc(-c3ccc4c5ccccc5c5ccccc5c4c3)nc(-n3c4ccccc4c4ncccc43)n2)cc1. The van der Waals surface area contributed by atoms with Gasteiger partial charge in [-0.3, -0.25) is 9.55 Å². The van der Waals surface area contributed by atoms with E-state index in [0.717, 1.165) is 44.5 Å². The van der Waals surface area contributed by atoms with Gasteiger partial charge in [0.25, 0.3) is 0 Å². The van der Waals surface area contributed by atoms with Crippen LogP contribution in [-0.4, -0.2) is 19.5 Å². The molecule has 0 aliphatic heterocycles. The van der Waals surface area contributed by atoms with Crippen molar-refractivity contribution in [1.82, 2.24) is 19.5 Å². The van der Waals surface area contributed by atoms with E-state index in [0.29, 0.717) is 5.95 Å². The maximum atomic E-state index is 5.25. The Hall–Kier alpha value is -5.87. The van der Waals surface area contributed by atoms with Gasteiger partial charge in [-0.2, -0.15) is 0 Å². The Morgan fingerprint density at radius 1 is 0.395 bits per heavy atom. The smallest absolute Gasteiger partial charge is 0.235 e. The zero-order chi connectivity index (χ0) is 28.3. The van der Waals surface area contributed by atoms with Gasteiger partial charge in [-0.05, 0) is 62.6 Å². The van der Waals surface area contributed by atoms with Gasteiger partial charge >= 0.3 is 0 Å². The molecule has 9 aromatic rings. The molecule has 0 saturated carbocycles. The number of fused-ring (bicyclic) bond motifs is 9. The number of pyridine rings is 1. The van der Waals surface area contributed by atoms with Crippen molar-refractivity contribution >= 4 is 54.3 Å². The molecule has 0 radical (unpaired) electrons. The van der Waals surface area contributed by atoms with Gasteiger partial charge in [0.05, 0.1) is 27.9 Å². The highest BCUT2D eigenvalue weighted by molar-refractivity contribution is 6.25. The Morgan fingerprint density at radius 2 is 0.953 bits per heavy atom. The lowest BCUT2D eigenvalue weighted by Gasteiger charge is -2.14. The van der Waals surface area contributed by atoms with E-state index in [1.54, 1.807) is 0 Å².